The van der Waals surface area contributed by atoms with Crippen molar-refractivity contribution in [2.24, 2.45) is 0 Å². The standard InChI is InChI=1S/C14H12BrN3O/c15-11-3-4-13(17-8-11)18-14(19)10-2-1-9-5-6-16-12(9)7-10/h1-4,7-8,16H,5-6H2,(H,17,18,19). The SMILES string of the molecule is O=C(Nc1ccc(Br)cn1)c1ccc2c(c1)NCC2. The predicted molar refractivity (Wildman–Crippen MR) is 78.5 cm³/mol. The summed E-state index contributed by atoms with van der Waals surface area (Å²) >= 11 is 3.31. The topological polar surface area (TPSA) is 54.0 Å². The van der Waals surface area contributed by atoms with Crippen molar-refractivity contribution >= 4 is 33.3 Å². The van der Waals surface area contributed by atoms with Crippen LogP contribution in [-0.2, 0) is 6.42 Å². The summed E-state index contributed by atoms with van der Waals surface area (Å²) in [5.74, 6) is 0.396. The Balaban J connectivity index is 1.78. The van der Waals surface area contributed by atoms with Crippen molar-refractivity contribution in [2.45, 2.75) is 6.42 Å². The van der Waals surface area contributed by atoms with Crippen molar-refractivity contribution in [2.75, 3.05) is 17.2 Å². The zero-order valence-electron chi connectivity index (χ0n) is 10.1. The molecule has 4 nitrogen and oxygen atoms in total. The van der Waals surface area contributed by atoms with Gasteiger partial charge in [-0.15, -0.1) is 0 Å². The Morgan fingerprint density at radius 3 is 3.00 bits per heavy atom. The number of carbonyl (C=O) groups is 1. The van der Waals surface area contributed by atoms with Crippen LogP contribution in [0.15, 0.2) is 41.0 Å². The van der Waals surface area contributed by atoms with Crippen LogP contribution in [0.5, 0.6) is 0 Å². The largest absolute Gasteiger partial charge is 0.384 e. The van der Waals surface area contributed by atoms with Gasteiger partial charge in [-0.25, -0.2) is 4.98 Å². The highest BCUT2D eigenvalue weighted by Crippen LogP contribution is 2.23. The molecule has 1 amide bonds. The van der Waals surface area contributed by atoms with Crippen molar-refractivity contribution in [3.05, 3.63) is 52.1 Å². The maximum absolute atomic E-state index is 12.1. The number of anilines is 2. The van der Waals surface area contributed by atoms with Crippen LogP contribution < -0.4 is 10.6 Å². The molecule has 0 aliphatic carbocycles. The number of halogens is 1. The Bertz CT molecular complexity index is 625. The molecule has 96 valence electrons. The fraction of sp³-hybridized carbons (Fsp3) is 0.143. The average molecular weight is 318 g/mol. The Hall–Kier alpha value is -1.88. The molecule has 1 aromatic carbocycles. The molecule has 0 spiro atoms. The minimum absolute atomic E-state index is 0.147. The van der Waals surface area contributed by atoms with Gasteiger partial charge in [0, 0.05) is 28.5 Å². The molecule has 0 atom stereocenters. The fourth-order valence-electron chi connectivity index (χ4n) is 2.07. The number of aromatic nitrogens is 1. The molecule has 0 saturated carbocycles. The van der Waals surface area contributed by atoms with Crippen LogP contribution in [0.2, 0.25) is 0 Å². The summed E-state index contributed by atoms with van der Waals surface area (Å²) in [6.45, 7) is 0.939. The van der Waals surface area contributed by atoms with Gasteiger partial charge in [0.1, 0.15) is 5.82 Å². The molecule has 19 heavy (non-hydrogen) atoms. The summed E-state index contributed by atoms with van der Waals surface area (Å²) in [7, 11) is 0. The number of hydrogen-bond acceptors (Lipinski definition) is 3. The smallest absolute Gasteiger partial charge is 0.256 e. The number of rotatable bonds is 2. The fourth-order valence-corrected chi connectivity index (χ4v) is 2.30. The van der Waals surface area contributed by atoms with Crippen LogP contribution in [0, 0.1) is 0 Å². The molecular formula is C14H12BrN3O. The lowest BCUT2D eigenvalue weighted by Crippen LogP contribution is -2.13. The van der Waals surface area contributed by atoms with Gasteiger partial charge in [-0.1, -0.05) is 6.07 Å². The number of carbonyl (C=O) groups excluding carboxylic acids is 1. The highest BCUT2D eigenvalue weighted by Gasteiger charge is 2.13. The number of benzene rings is 1. The van der Waals surface area contributed by atoms with Crippen LogP contribution >= 0.6 is 15.9 Å². The molecule has 2 N–H and O–H groups in total. The number of fused-ring (bicyclic) bond motifs is 1. The monoisotopic (exact) mass is 317 g/mol. The second kappa shape index (κ2) is 5.01. The van der Waals surface area contributed by atoms with E-state index < -0.39 is 0 Å². The average Bonchev–Trinajstić information content (AvgIpc) is 2.88. The lowest BCUT2D eigenvalue weighted by atomic mass is 10.1. The molecule has 0 bridgehead atoms. The van der Waals surface area contributed by atoms with Crippen molar-refractivity contribution in [3.63, 3.8) is 0 Å². The molecule has 2 heterocycles. The normalized spacial score (nSPS) is 12.7. The zero-order valence-corrected chi connectivity index (χ0v) is 11.7. The molecule has 0 unspecified atom stereocenters. The van der Waals surface area contributed by atoms with Crippen molar-refractivity contribution < 1.29 is 4.79 Å². The summed E-state index contributed by atoms with van der Waals surface area (Å²) in [5, 5.41) is 6.04. The maximum atomic E-state index is 12.1. The molecule has 0 fully saturated rings. The van der Waals surface area contributed by atoms with Crippen molar-refractivity contribution in [1.82, 2.24) is 4.98 Å². The first-order valence-corrected chi connectivity index (χ1v) is 6.81. The summed E-state index contributed by atoms with van der Waals surface area (Å²) < 4.78 is 0.882. The molecule has 0 radical (unpaired) electrons. The van der Waals surface area contributed by atoms with E-state index in [2.05, 4.69) is 31.5 Å². The Morgan fingerprint density at radius 1 is 1.32 bits per heavy atom. The first kappa shape index (κ1) is 12.2. The van der Waals surface area contributed by atoms with E-state index in [0.717, 1.165) is 23.1 Å². The Morgan fingerprint density at radius 2 is 2.21 bits per heavy atom. The van der Waals surface area contributed by atoms with Crippen LogP contribution in [0.25, 0.3) is 0 Å². The van der Waals surface area contributed by atoms with Gasteiger partial charge in [0.2, 0.25) is 0 Å². The number of hydrogen-bond donors (Lipinski definition) is 2. The van der Waals surface area contributed by atoms with Crippen LogP contribution in [0.4, 0.5) is 11.5 Å². The van der Waals surface area contributed by atoms with Crippen molar-refractivity contribution in [3.8, 4) is 0 Å². The highest BCUT2D eigenvalue weighted by molar-refractivity contribution is 9.10. The zero-order chi connectivity index (χ0) is 13.2. The summed E-state index contributed by atoms with van der Waals surface area (Å²) in [5.41, 5.74) is 2.95. The van der Waals surface area contributed by atoms with Gasteiger partial charge >= 0.3 is 0 Å². The number of nitrogens with zero attached hydrogens (tertiary/aromatic N) is 1. The van der Waals surface area contributed by atoms with E-state index in [9.17, 15) is 4.79 Å². The third kappa shape index (κ3) is 2.61. The van der Waals surface area contributed by atoms with E-state index >= 15 is 0 Å². The van der Waals surface area contributed by atoms with Crippen LogP contribution in [-0.4, -0.2) is 17.4 Å². The predicted octanol–water partition coefficient (Wildman–Crippen LogP) is 3.06. The van der Waals surface area contributed by atoms with E-state index in [4.69, 9.17) is 0 Å². The maximum Gasteiger partial charge on any atom is 0.256 e. The highest BCUT2D eigenvalue weighted by atomic mass is 79.9. The quantitative estimate of drug-likeness (QED) is 0.895. The molecule has 5 heteroatoms. The third-order valence-corrected chi connectivity index (χ3v) is 3.52. The summed E-state index contributed by atoms with van der Waals surface area (Å²) in [4.78, 5) is 16.2. The van der Waals surface area contributed by atoms with Crippen LogP contribution in [0.3, 0.4) is 0 Å². The van der Waals surface area contributed by atoms with Gasteiger partial charge in [-0.05, 0) is 52.2 Å². The molecule has 1 aromatic heterocycles. The van der Waals surface area contributed by atoms with Gasteiger partial charge in [-0.3, -0.25) is 4.79 Å². The van der Waals surface area contributed by atoms with Gasteiger partial charge in [-0.2, -0.15) is 0 Å². The Labute approximate surface area is 119 Å². The second-order valence-corrected chi connectivity index (χ2v) is 5.28. The first-order chi connectivity index (χ1) is 9.22. The molecule has 1 aliphatic rings. The van der Waals surface area contributed by atoms with Crippen molar-refractivity contribution in [1.29, 1.82) is 0 Å². The summed E-state index contributed by atoms with van der Waals surface area (Å²) in [6, 6.07) is 9.33. The minimum Gasteiger partial charge on any atom is -0.384 e. The molecule has 0 saturated heterocycles. The Kier molecular flexibility index (Phi) is 3.21. The minimum atomic E-state index is -0.147. The number of pyridine rings is 1. The molecule has 2 aromatic rings. The molecular weight excluding hydrogens is 306 g/mol. The van der Waals surface area contributed by atoms with Gasteiger partial charge in [0.25, 0.3) is 5.91 Å². The lowest BCUT2D eigenvalue weighted by molar-refractivity contribution is 0.102. The van der Waals surface area contributed by atoms with E-state index in [1.54, 1.807) is 12.3 Å². The van der Waals surface area contributed by atoms with E-state index in [1.807, 2.05) is 24.3 Å². The molecule has 3 rings (SSSR count). The van der Waals surface area contributed by atoms with Gasteiger partial charge < -0.3 is 10.6 Å². The molecule has 1 aliphatic heterocycles. The third-order valence-electron chi connectivity index (χ3n) is 3.05. The van der Waals surface area contributed by atoms with Crippen LogP contribution in [0.1, 0.15) is 15.9 Å². The van der Waals surface area contributed by atoms with E-state index in [0.29, 0.717) is 11.4 Å². The van der Waals surface area contributed by atoms with Gasteiger partial charge in [0.05, 0.1) is 0 Å². The number of amides is 1. The van der Waals surface area contributed by atoms with E-state index in [-0.39, 0.29) is 5.91 Å². The van der Waals surface area contributed by atoms with Gasteiger partial charge in [0.15, 0.2) is 0 Å². The first-order valence-electron chi connectivity index (χ1n) is 6.02. The lowest BCUT2D eigenvalue weighted by Gasteiger charge is -2.06. The second-order valence-electron chi connectivity index (χ2n) is 4.36. The number of nitrogens with one attached hydrogen (secondary N) is 2. The van der Waals surface area contributed by atoms with E-state index in [1.165, 1.54) is 5.56 Å². The summed E-state index contributed by atoms with van der Waals surface area (Å²) in [6.07, 6.45) is 2.67.